The van der Waals surface area contributed by atoms with Crippen LogP contribution in [0, 0.1) is 0 Å². The number of aromatic nitrogens is 1. The minimum absolute atomic E-state index is 0.00515. The van der Waals surface area contributed by atoms with Crippen LogP contribution in [0.15, 0.2) is 29.6 Å². The molecule has 23 heavy (non-hydrogen) atoms. The van der Waals surface area contributed by atoms with Crippen molar-refractivity contribution in [2.75, 3.05) is 20.3 Å². The van der Waals surface area contributed by atoms with Crippen LogP contribution in [0.1, 0.15) is 17.8 Å². The lowest BCUT2D eigenvalue weighted by molar-refractivity contribution is -0.129. The van der Waals surface area contributed by atoms with Crippen molar-refractivity contribution >= 4 is 17.2 Å². The molecule has 1 aromatic carbocycles. The maximum absolute atomic E-state index is 11.9. The average Bonchev–Trinajstić information content (AvgIpc) is 3.27. The van der Waals surface area contributed by atoms with Gasteiger partial charge in [0.2, 0.25) is 5.91 Å². The number of benzene rings is 1. The Hall–Kier alpha value is -1.92. The zero-order valence-electron chi connectivity index (χ0n) is 13.1. The highest BCUT2D eigenvalue weighted by atomic mass is 32.1. The molecule has 122 valence electrons. The maximum Gasteiger partial charge on any atom is 0.249 e. The van der Waals surface area contributed by atoms with Gasteiger partial charge in [-0.25, -0.2) is 4.98 Å². The van der Waals surface area contributed by atoms with Crippen LogP contribution in [0.4, 0.5) is 0 Å². The highest BCUT2D eigenvalue weighted by Gasteiger charge is 2.22. The predicted octanol–water partition coefficient (Wildman–Crippen LogP) is 2.66. The van der Waals surface area contributed by atoms with Gasteiger partial charge in [0.1, 0.15) is 11.9 Å². The van der Waals surface area contributed by atoms with Crippen molar-refractivity contribution in [3.05, 3.63) is 34.7 Å². The van der Waals surface area contributed by atoms with E-state index in [1.54, 1.807) is 18.4 Å². The number of rotatable bonds is 6. The Balaban J connectivity index is 1.51. The van der Waals surface area contributed by atoms with E-state index in [2.05, 4.69) is 10.3 Å². The van der Waals surface area contributed by atoms with Crippen LogP contribution in [0.2, 0.25) is 0 Å². The monoisotopic (exact) mass is 332 g/mol. The van der Waals surface area contributed by atoms with E-state index in [0.717, 1.165) is 41.3 Å². The first kappa shape index (κ1) is 16.0. The normalized spacial score (nSPS) is 17.2. The third-order valence-corrected chi connectivity index (χ3v) is 4.71. The van der Waals surface area contributed by atoms with Crippen LogP contribution in [0.25, 0.3) is 11.3 Å². The minimum atomic E-state index is -0.263. The number of ether oxygens (including phenoxy) is 2. The lowest BCUT2D eigenvalue weighted by Gasteiger charge is -2.09. The molecule has 1 N–H and O–H groups in total. The van der Waals surface area contributed by atoms with Gasteiger partial charge in [-0.05, 0) is 37.1 Å². The van der Waals surface area contributed by atoms with E-state index in [1.807, 2.05) is 29.6 Å². The van der Waals surface area contributed by atoms with E-state index < -0.39 is 0 Å². The number of nitrogens with one attached hydrogen (secondary N) is 1. The Kier molecular flexibility index (Phi) is 5.25. The second-order valence-corrected chi connectivity index (χ2v) is 6.34. The molecule has 0 aliphatic carbocycles. The summed E-state index contributed by atoms with van der Waals surface area (Å²) < 4.78 is 10.5. The van der Waals surface area contributed by atoms with Gasteiger partial charge in [0.25, 0.3) is 0 Å². The maximum atomic E-state index is 11.9. The number of carbonyl (C=O) groups excluding carboxylic acids is 1. The van der Waals surface area contributed by atoms with Crippen molar-refractivity contribution in [1.29, 1.82) is 0 Å². The molecule has 1 saturated heterocycles. The Morgan fingerprint density at radius 1 is 1.43 bits per heavy atom. The standard InChI is InChI=1S/C17H20N2O3S/c1-21-13-6-4-12(5-7-13)14-11-23-16(19-14)8-9-18-17(20)15-3-2-10-22-15/h4-7,11,15H,2-3,8-10H2,1H3,(H,18,20)/t15-/m1/s1. The largest absolute Gasteiger partial charge is 0.497 e. The van der Waals surface area contributed by atoms with Crippen molar-refractivity contribution in [3.8, 4) is 17.0 Å². The summed E-state index contributed by atoms with van der Waals surface area (Å²) in [7, 11) is 1.65. The number of carbonyl (C=O) groups is 1. The van der Waals surface area contributed by atoms with Gasteiger partial charge in [0, 0.05) is 30.5 Å². The number of hydrogen-bond donors (Lipinski definition) is 1. The first-order valence-electron chi connectivity index (χ1n) is 7.74. The zero-order chi connectivity index (χ0) is 16.1. The molecule has 1 fully saturated rings. The number of nitrogens with zero attached hydrogens (tertiary/aromatic N) is 1. The van der Waals surface area contributed by atoms with Gasteiger partial charge in [-0.2, -0.15) is 0 Å². The molecule has 0 bridgehead atoms. The van der Waals surface area contributed by atoms with Gasteiger partial charge in [-0.15, -0.1) is 11.3 Å². The topological polar surface area (TPSA) is 60.5 Å². The summed E-state index contributed by atoms with van der Waals surface area (Å²) in [6.07, 6.45) is 2.26. The third-order valence-electron chi connectivity index (χ3n) is 3.80. The van der Waals surface area contributed by atoms with Crippen LogP contribution in [0.5, 0.6) is 5.75 Å². The van der Waals surface area contributed by atoms with Crippen molar-refractivity contribution in [2.45, 2.75) is 25.4 Å². The average molecular weight is 332 g/mol. The van der Waals surface area contributed by atoms with E-state index in [1.165, 1.54) is 0 Å². The highest BCUT2D eigenvalue weighted by Crippen LogP contribution is 2.24. The van der Waals surface area contributed by atoms with E-state index in [0.29, 0.717) is 13.2 Å². The fraction of sp³-hybridized carbons (Fsp3) is 0.412. The predicted molar refractivity (Wildman–Crippen MR) is 89.8 cm³/mol. The zero-order valence-corrected chi connectivity index (χ0v) is 13.9. The van der Waals surface area contributed by atoms with Crippen molar-refractivity contribution < 1.29 is 14.3 Å². The van der Waals surface area contributed by atoms with Gasteiger partial charge in [0.05, 0.1) is 17.8 Å². The van der Waals surface area contributed by atoms with Crippen molar-refractivity contribution in [3.63, 3.8) is 0 Å². The number of thiazole rings is 1. The van der Waals surface area contributed by atoms with Crippen molar-refractivity contribution in [1.82, 2.24) is 10.3 Å². The first-order valence-corrected chi connectivity index (χ1v) is 8.62. The number of amides is 1. The molecule has 1 amide bonds. The number of methoxy groups -OCH3 is 1. The smallest absolute Gasteiger partial charge is 0.249 e. The Bertz CT molecular complexity index is 648. The molecule has 0 spiro atoms. The third kappa shape index (κ3) is 4.09. The summed E-state index contributed by atoms with van der Waals surface area (Å²) >= 11 is 1.61. The van der Waals surface area contributed by atoms with Gasteiger partial charge < -0.3 is 14.8 Å². The van der Waals surface area contributed by atoms with Gasteiger partial charge in [-0.1, -0.05) is 0 Å². The second kappa shape index (κ2) is 7.57. The fourth-order valence-corrected chi connectivity index (χ4v) is 3.32. The summed E-state index contributed by atoms with van der Waals surface area (Å²) in [6, 6.07) is 7.85. The lowest BCUT2D eigenvalue weighted by Crippen LogP contribution is -2.35. The van der Waals surface area contributed by atoms with Crippen LogP contribution in [-0.4, -0.2) is 37.3 Å². The molecule has 2 aromatic rings. The quantitative estimate of drug-likeness (QED) is 0.883. The molecular weight excluding hydrogens is 312 g/mol. The van der Waals surface area contributed by atoms with Crippen LogP contribution >= 0.6 is 11.3 Å². The summed E-state index contributed by atoms with van der Waals surface area (Å²) in [6.45, 7) is 1.28. The molecule has 5 nitrogen and oxygen atoms in total. The molecule has 0 radical (unpaired) electrons. The number of hydrogen-bond acceptors (Lipinski definition) is 5. The second-order valence-electron chi connectivity index (χ2n) is 5.40. The first-order chi connectivity index (χ1) is 11.3. The van der Waals surface area contributed by atoms with Crippen LogP contribution in [-0.2, 0) is 16.0 Å². The van der Waals surface area contributed by atoms with E-state index in [4.69, 9.17) is 9.47 Å². The Morgan fingerprint density at radius 2 is 2.26 bits per heavy atom. The van der Waals surface area contributed by atoms with E-state index >= 15 is 0 Å². The SMILES string of the molecule is COc1ccc(-c2csc(CCNC(=O)[C@H]3CCCO3)n2)cc1. The molecule has 1 aliphatic heterocycles. The Labute approximate surface area is 139 Å². The molecule has 6 heteroatoms. The van der Waals surface area contributed by atoms with Crippen LogP contribution < -0.4 is 10.1 Å². The highest BCUT2D eigenvalue weighted by molar-refractivity contribution is 7.09. The summed E-state index contributed by atoms with van der Waals surface area (Å²) in [5.41, 5.74) is 2.02. The van der Waals surface area contributed by atoms with Gasteiger partial charge in [0.15, 0.2) is 0 Å². The molecule has 0 saturated carbocycles. The van der Waals surface area contributed by atoms with E-state index in [9.17, 15) is 4.79 Å². The molecule has 2 heterocycles. The molecule has 3 rings (SSSR count). The fourth-order valence-electron chi connectivity index (χ4n) is 2.51. The van der Waals surface area contributed by atoms with Crippen LogP contribution in [0.3, 0.4) is 0 Å². The van der Waals surface area contributed by atoms with E-state index in [-0.39, 0.29) is 12.0 Å². The lowest BCUT2D eigenvalue weighted by atomic mass is 10.2. The summed E-state index contributed by atoms with van der Waals surface area (Å²) in [4.78, 5) is 16.5. The molecule has 1 atom stereocenters. The molecule has 1 aromatic heterocycles. The molecule has 0 unspecified atom stereocenters. The molecule has 1 aliphatic rings. The van der Waals surface area contributed by atoms with Gasteiger partial charge >= 0.3 is 0 Å². The van der Waals surface area contributed by atoms with Crippen molar-refractivity contribution in [2.24, 2.45) is 0 Å². The Morgan fingerprint density at radius 3 is 2.96 bits per heavy atom. The van der Waals surface area contributed by atoms with Gasteiger partial charge in [-0.3, -0.25) is 4.79 Å². The summed E-state index contributed by atoms with van der Waals surface area (Å²) in [5.74, 6) is 0.829. The minimum Gasteiger partial charge on any atom is -0.497 e. The summed E-state index contributed by atoms with van der Waals surface area (Å²) in [5, 5.41) is 5.98. The molecular formula is C17H20N2O3S.